The summed E-state index contributed by atoms with van der Waals surface area (Å²) in [7, 11) is 1.65. The molecule has 0 unspecified atom stereocenters. The summed E-state index contributed by atoms with van der Waals surface area (Å²) < 4.78 is 7.12. The van der Waals surface area contributed by atoms with E-state index < -0.39 is 5.60 Å². The maximum atomic E-state index is 10.5. The summed E-state index contributed by atoms with van der Waals surface area (Å²) in [4.78, 5) is 6.68. The normalized spacial score (nSPS) is 23.1. The maximum absolute atomic E-state index is 10.5. The molecule has 0 bridgehead atoms. The second kappa shape index (κ2) is 7.38. The Balaban J connectivity index is 1.62. The lowest BCUT2D eigenvalue weighted by atomic mass is 9.90. The molecule has 3 aromatic rings. The van der Waals surface area contributed by atoms with Crippen molar-refractivity contribution < 1.29 is 9.84 Å². The number of nitrogens with zero attached hydrogens (tertiary/aromatic N) is 4. The van der Waals surface area contributed by atoms with E-state index in [1.54, 1.807) is 14.0 Å². The number of fused-ring (bicyclic) bond motifs is 1. The van der Waals surface area contributed by atoms with Gasteiger partial charge in [-0.3, -0.25) is 4.90 Å². The van der Waals surface area contributed by atoms with Gasteiger partial charge in [-0.1, -0.05) is 6.07 Å². The smallest absolute Gasteiger partial charge is 0.158 e. The summed E-state index contributed by atoms with van der Waals surface area (Å²) in [5.74, 6) is 1.50. The molecule has 2 atom stereocenters. The number of likely N-dealkylation sites (tertiary alicyclic amines) is 1. The molecule has 1 aliphatic rings. The van der Waals surface area contributed by atoms with E-state index in [9.17, 15) is 5.11 Å². The van der Waals surface area contributed by atoms with E-state index in [-0.39, 0.29) is 6.04 Å². The Morgan fingerprint density at radius 2 is 2.25 bits per heavy atom. The van der Waals surface area contributed by atoms with Crippen molar-refractivity contribution in [2.45, 2.75) is 31.5 Å². The third-order valence-corrected chi connectivity index (χ3v) is 5.36. The van der Waals surface area contributed by atoms with E-state index in [0.29, 0.717) is 13.1 Å². The van der Waals surface area contributed by atoms with Gasteiger partial charge in [0.25, 0.3) is 0 Å². The number of benzene rings is 1. The predicted octanol–water partition coefficient (Wildman–Crippen LogP) is 1.77. The van der Waals surface area contributed by atoms with Crippen LogP contribution in [0.2, 0.25) is 0 Å². The van der Waals surface area contributed by atoms with Gasteiger partial charge in [0.2, 0.25) is 0 Å². The number of methoxy groups -OCH3 is 1. The summed E-state index contributed by atoms with van der Waals surface area (Å²) in [6.45, 7) is 3.89. The highest BCUT2D eigenvalue weighted by Crippen LogP contribution is 2.27. The highest BCUT2D eigenvalue weighted by molar-refractivity contribution is 5.76. The van der Waals surface area contributed by atoms with Crippen molar-refractivity contribution >= 4 is 17.0 Å². The molecule has 148 valence electrons. The van der Waals surface area contributed by atoms with E-state index in [1.165, 1.54) is 6.33 Å². The molecule has 28 heavy (non-hydrogen) atoms. The first-order chi connectivity index (χ1) is 13.5. The minimum Gasteiger partial charge on any atom is -0.497 e. The quantitative estimate of drug-likeness (QED) is 0.618. The van der Waals surface area contributed by atoms with Crippen LogP contribution in [0.25, 0.3) is 5.52 Å². The molecule has 2 aromatic heterocycles. The lowest BCUT2D eigenvalue weighted by Gasteiger charge is -2.41. The van der Waals surface area contributed by atoms with Crippen molar-refractivity contribution in [1.82, 2.24) is 19.5 Å². The van der Waals surface area contributed by atoms with Crippen molar-refractivity contribution in [2.75, 3.05) is 25.5 Å². The lowest BCUT2D eigenvalue weighted by molar-refractivity contribution is -0.0342. The molecular weight excluding hydrogens is 356 g/mol. The lowest BCUT2D eigenvalue weighted by Crippen LogP contribution is -2.58. The maximum Gasteiger partial charge on any atom is 0.158 e. The average molecular weight is 382 g/mol. The van der Waals surface area contributed by atoms with Crippen LogP contribution in [0.1, 0.15) is 18.9 Å². The Morgan fingerprint density at radius 3 is 3.04 bits per heavy atom. The Morgan fingerprint density at radius 1 is 1.39 bits per heavy atom. The van der Waals surface area contributed by atoms with Gasteiger partial charge in [-0.25, -0.2) is 9.50 Å². The summed E-state index contributed by atoms with van der Waals surface area (Å²) in [5.41, 5.74) is 8.07. The van der Waals surface area contributed by atoms with E-state index >= 15 is 0 Å². The van der Waals surface area contributed by atoms with Crippen LogP contribution >= 0.6 is 0 Å². The first kappa shape index (κ1) is 18.7. The highest BCUT2D eigenvalue weighted by atomic mass is 16.5. The zero-order chi connectivity index (χ0) is 19.7. The van der Waals surface area contributed by atoms with Crippen LogP contribution in [-0.2, 0) is 6.54 Å². The van der Waals surface area contributed by atoms with Crippen molar-refractivity contribution in [3.8, 4) is 5.75 Å². The molecule has 8 heteroatoms. The molecule has 1 aromatic carbocycles. The monoisotopic (exact) mass is 382 g/mol. The third-order valence-electron chi connectivity index (χ3n) is 5.36. The Hall–Kier alpha value is -2.68. The van der Waals surface area contributed by atoms with Crippen LogP contribution in [0.3, 0.4) is 0 Å². The van der Waals surface area contributed by atoms with E-state index in [2.05, 4.69) is 20.3 Å². The van der Waals surface area contributed by atoms with Crippen LogP contribution < -0.4 is 15.8 Å². The first-order valence-electron chi connectivity index (χ1n) is 9.39. The average Bonchev–Trinajstić information content (AvgIpc) is 3.08. The van der Waals surface area contributed by atoms with Gasteiger partial charge in [0, 0.05) is 43.6 Å². The molecule has 0 saturated carbocycles. The van der Waals surface area contributed by atoms with Crippen molar-refractivity contribution in [2.24, 2.45) is 5.73 Å². The van der Waals surface area contributed by atoms with Crippen LogP contribution in [0.5, 0.6) is 5.75 Å². The number of nitrogens with one attached hydrogen (secondary N) is 1. The number of hydrogen-bond acceptors (Lipinski definition) is 7. The molecule has 0 radical (unpaired) electrons. The Bertz CT molecular complexity index is 970. The number of β-amino-alcohol motifs (C(OH)–C–C–N with tert-alkyl or cyclic N) is 1. The predicted molar refractivity (Wildman–Crippen MR) is 108 cm³/mol. The Kier molecular flexibility index (Phi) is 4.92. The van der Waals surface area contributed by atoms with Crippen LogP contribution in [0.15, 0.2) is 42.9 Å². The standard InChI is InChI=1S/C20H26N6O2/c1-20(27)12-25(8-7-17(20)21)11-14-6-9-26-18(14)19(22-13-23-26)24-15-4-3-5-16(10-15)28-2/h3-6,9-10,13,17,27H,7-8,11-12,21H2,1-2H3,(H,22,23,24)/t17-,20-/m1/s1. The van der Waals surface area contributed by atoms with E-state index in [1.807, 2.05) is 41.0 Å². The zero-order valence-electron chi connectivity index (χ0n) is 16.2. The number of piperidine rings is 1. The molecular formula is C20H26N6O2. The van der Waals surface area contributed by atoms with Gasteiger partial charge >= 0.3 is 0 Å². The van der Waals surface area contributed by atoms with Crippen molar-refractivity contribution in [3.63, 3.8) is 0 Å². The second-order valence-electron chi connectivity index (χ2n) is 7.56. The number of rotatable bonds is 5. The Labute approximate surface area is 163 Å². The fourth-order valence-electron chi connectivity index (χ4n) is 3.73. The highest BCUT2D eigenvalue weighted by Gasteiger charge is 2.35. The van der Waals surface area contributed by atoms with Crippen LogP contribution in [0.4, 0.5) is 11.5 Å². The number of ether oxygens (including phenoxy) is 1. The van der Waals surface area contributed by atoms with Gasteiger partial charge in [-0.2, -0.15) is 5.10 Å². The van der Waals surface area contributed by atoms with Gasteiger partial charge in [0.1, 0.15) is 17.6 Å². The third kappa shape index (κ3) is 3.66. The van der Waals surface area contributed by atoms with Gasteiger partial charge in [-0.05, 0) is 37.1 Å². The van der Waals surface area contributed by atoms with Gasteiger partial charge < -0.3 is 20.9 Å². The van der Waals surface area contributed by atoms with Gasteiger partial charge in [0.15, 0.2) is 5.82 Å². The van der Waals surface area contributed by atoms with Crippen LogP contribution in [-0.4, -0.2) is 56.4 Å². The fraction of sp³-hybridized carbons (Fsp3) is 0.400. The minimum absolute atomic E-state index is 0.192. The van der Waals surface area contributed by atoms with Gasteiger partial charge in [0.05, 0.1) is 12.7 Å². The summed E-state index contributed by atoms with van der Waals surface area (Å²) in [6.07, 6.45) is 4.23. The van der Waals surface area contributed by atoms with Crippen LogP contribution in [0, 0.1) is 0 Å². The molecule has 1 saturated heterocycles. The van der Waals surface area contributed by atoms with Crippen molar-refractivity contribution in [3.05, 3.63) is 48.4 Å². The summed E-state index contributed by atoms with van der Waals surface area (Å²) >= 11 is 0. The van der Waals surface area contributed by atoms with Crippen molar-refractivity contribution in [1.29, 1.82) is 0 Å². The number of anilines is 2. The molecule has 4 N–H and O–H groups in total. The second-order valence-corrected chi connectivity index (χ2v) is 7.56. The van der Waals surface area contributed by atoms with E-state index in [4.69, 9.17) is 10.5 Å². The van der Waals surface area contributed by atoms with E-state index in [0.717, 1.165) is 41.3 Å². The molecule has 0 amide bonds. The number of aromatic nitrogens is 3. The number of hydrogen-bond donors (Lipinski definition) is 3. The molecule has 4 rings (SSSR count). The fourth-order valence-corrected chi connectivity index (χ4v) is 3.73. The SMILES string of the molecule is COc1cccc(Nc2ncnn3ccc(CN4CC[C@@H](N)[C@](C)(O)C4)c23)c1. The molecule has 1 fully saturated rings. The first-order valence-corrected chi connectivity index (χ1v) is 9.39. The zero-order valence-corrected chi connectivity index (χ0v) is 16.2. The molecule has 0 spiro atoms. The summed E-state index contributed by atoms with van der Waals surface area (Å²) in [6, 6.07) is 9.57. The number of aliphatic hydroxyl groups is 1. The molecule has 1 aliphatic heterocycles. The number of nitrogens with two attached hydrogens (primary N) is 1. The summed E-state index contributed by atoms with van der Waals surface area (Å²) in [5, 5.41) is 18.2. The topological polar surface area (TPSA) is 101 Å². The molecule has 3 heterocycles. The van der Waals surface area contributed by atoms with Gasteiger partial charge in [-0.15, -0.1) is 0 Å². The molecule has 8 nitrogen and oxygen atoms in total. The minimum atomic E-state index is -0.883. The molecule has 0 aliphatic carbocycles. The largest absolute Gasteiger partial charge is 0.497 e.